The lowest BCUT2D eigenvalue weighted by molar-refractivity contribution is -0.113. The van der Waals surface area contributed by atoms with Crippen molar-refractivity contribution in [2.24, 2.45) is 7.05 Å². The Bertz CT molecular complexity index is 966. The van der Waals surface area contributed by atoms with Gasteiger partial charge in [0.25, 0.3) is 0 Å². The molecule has 1 unspecified atom stereocenters. The molecule has 28 heavy (non-hydrogen) atoms. The number of hydrogen-bond donors (Lipinski definition) is 1. The number of nitrogens with one attached hydrogen (secondary N) is 1. The number of ether oxygens (including phenoxy) is 1. The average molecular weight is 404 g/mol. The van der Waals surface area contributed by atoms with Crippen molar-refractivity contribution in [2.75, 3.05) is 11.1 Å². The van der Waals surface area contributed by atoms with Crippen LogP contribution >= 0.6 is 11.8 Å². The molecule has 6 nitrogen and oxygen atoms in total. The van der Waals surface area contributed by atoms with E-state index in [9.17, 15) is 13.6 Å². The van der Waals surface area contributed by atoms with Crippen molar-refractivity contribution >= 4 is 23.4 Å². The van der Waals surface area contributed by atoms with E-state index in [1.54, 1.807) is 11.6 Å². The summed E-state index contributed by atoms with van der Waals surface area (Å²) in [7, 11) is 1.78. The molecule has 1 heterocycles. The zero-order valence-corrected chi connectivity index (χ0v) is 16.0. The van der Waals surface area contributed by atoms with Crippen LogP contribution in [0.3, 0.4) is 0 Å². The molecular weight excluding hydrogens is 386 g/mol. The van der Waals surface area contributed by atoms with Crippen LogP contribution in [-0.4, -0.2) is 26.4 Å². The summed E-state index contributed by atoms with van der Waals surface area (Å²) in [6.45, 7) is 1.86. The van der Waals surface area contributed by atoms with Crippen molar-refractivity contribution in [3.63, 3.8) is 0 Å². The average Bonchev–Trinajstić information content (AvgIpc) is 3.04. The van der Waals surface area contributed by atoms with Gasteiger partial charge >= 0.3 is 0 Å². The van der Waals surface area contributed by atoms with E-state index in [0.29, 0.717) is 22.8 Å². The molecule has 1 atom stereocenters. The maximum absolute atomic E-state index is 13.6. The van der Waals surface area contributed by atoms with Gasteiger partial charge in [0.2, 0.25) is 5.91 Å². The zero-order valence-electron chi connectivity index (χ0n) is 15.2. The fourth-order valence-corrected chi connectivity index (χ4v) is 3.19. The van der Waals surface area contributed by atoms with Gasteiger partial charge in [-0.2, -0.15) is 0 Å². The number of amides is 1. The summed E-state index contributed by atoms with van der Waals surface area (Å²) < 4.78 is 34.1. The number of benzene rings is 2. The van der Waals surface area contributed by atoms with Gasteiger partial charge in [0.05, 0.1) is 11.4 Å². The predicted octanol–water partition coefficient (Wildman–Crippen LogP) is 3.96. The van der Waals surface area contributed by atoms with Gasteiger partial charge in [-0.1, -0.05) is 30.0 Å². The maximum atomic E-state index is 13.6. The number of para-hydroxylation sites is 1. The zero-order chi connectivity index (χ0) is 20.1. The van der Waals surface area contributed by atoms with Gasteiger partial charge in [0, 0.05) is 13.1 Å². The number of aromatic nitrogens is 3. The number of anilines is 1. The Morgan fingerprint density at radius 3 is 2.68 bits per heavy atom. The predicted molar refractivity (Wildman–Crippen MR) is 102 cm³/mol. The van der Waals surface area contributed by atoms with Crippen molar-refractivity contribution in [2.45, 2.75) is 18.2 Å². The van der Waals surface area contributed by atoms with E-state index in [1.807, 2.05) is 37.3 Å². The van der Waals surface area contributed by atoms with Gasteiger partial charge in [-0.05, 0) is 31.2 Å². The molecule has 0 saturated heterocycles. The summed E-state index contributed by atoms with van der Waals surface area (Å²) in [5.74, 6) is -0.649. The molecule has 0 fully saturated rings. The minimum absolute atomic E-state index is 0.00326. The van der Waals surface area contributed by atoms with Crippen molar-refractivity contribution in [1.82, 2.24) is 14.8 Å². The topological polar surface area (TPSA) is 69.0 Å². The Hall–Kier alpha value is -2.94. The third kappa shape index (κ3) is 4.86. The quantitative estimate of drug-likeness (QED) is 0.604. The van der Waals surface area contributed by atoms with Crippen LogP contribution in [0.15, 0.2) is 53.7 Å². The molecule has 0 aliphatic heterocycles. The summed E-state index contributed by atoms with van der Waals surface area (Å²) >= 11 is 1.15. The number of carbonyl (C=O) groups is 1. The van der Waals surface area contributed by atoms with Crippen LogP contribution in [0.2, 0.25) is 0 Å². The highest BCUT2D eigenvalue weighted by atomic mass is 32.2. The first kappa shape index (κ1) is 19.8. The number of halogens is 2. The number of rotatable bonds is 7. The number of thioether (sulfide) groups is 1. The normalized spacial score (nSPS) is 11.9. The second-order valence-corrected chi connectivity index (χ2v) is 6.88. The standard InChI is InChI=1S/C19H18F2N4O2S/c1-12(27-14-6-4-3-5-7-14)18-23-24-19(25(18)2)28-11-17(26)22-16-9-8-13(20)10-15(16)21/h3-10,12H,11H2,1-2H3,(H,22,26). The van der Waals surface area contributed by atoms with Crippen molar-refractivity contribution in [3.05, 3.63) is 66.0 Å². The molecule has 0 aliphatic carbocycles. The Balaban J connectivity index is 1.58. The Labute approximate surface area is 164 Å². The van der Waals surface area contributed by atoms with Gasteiger partial charge < -0.3 is 14.6 Å². The molecule has 3 rings (SSSR count). The molecule has 146 valence electrons. The van der Waals surface area contributed by atoms with Crippen molar-refractivity contribution < 1.29 is 18.3 Å². The van der Waals surface area contributed by atoms with Gasteiger partial charge in [-0.15, -0.1) is 10.2 Å². The SMILES string of the molecule is CC(Oc1ccccc1)c1nnc(SCC(=O)Nc2ccc(F)cc2F)n1C. The van der Waals surface area contributed by atoms with Crippen LogP contribution < -0.4 is 10.1 Å². The summed E-state index contributed by atoms with van der Waals surface area (Å²) in [6.07, 6.45) is -0.337. The van der Waals surface area contributed by atoms with Gasteiger partial charge in [-0.25, -0.2) is 8.78 Å². The molecule has 0 bridgehead atoms. The van der Waals surface area contributed by atoms with E-state index < -0.39 is 17.5 Å². The highest BCUT2D eigenvalue weighted by Crippen LogP contribution is 2.23. The second kappa shape index (κ2) is 8.83. The van der Waals surface area contributed by atoms with E-state index >= 15 is 0 Å². The largest absolute Gasteiger partial charge is 0.483 e. The van der Waals surface area contributed by atoms with Crippen molar-refractivity contribution in [3.8, 4) is 5.75 Å². The Morgan fingerprint density at radius 2 is 1.96 bits per heavy atom. The first-order valence-corrected chi connectivity index (χ1v) is 9.41. The Kier molecular flexibility index (Phi) is 6.25. The molecule has 0 spiro atoms. The molecular formula is C19H18F2N4O2S. The molecule has 1 aromatic heterocycles. The molecule has 2 aromatic carbocycles. The summed E-state index contributed by atoms with van der Waals surface area (Å²) in [4.78, 5) is 12.0. The lowest BCUT2D eigenvalue weighted by Crippen LogP contribution is -2.16. The Morgan fingerprint density at radius 1 is 1.21 bits per heavy atom. The number of nitrogens with zero attached hydrogens (tertiary/aromatic N) is 3. The van der Waals surface area contributed by atoms with Gasteiger partial charge in [-0.3, -0.25) is 4.79 Å². The van der Waals surface area contributed by atoms with Crippen LogP contribution in [0.4, 0.5) is 14.5 Å². The molecule has 1 N–H and O–H groups in total. The third-order valence-corrected chi connectivity index (χ3v) is 4.85. The minimum Gasteiger partial charge on any atom is -0.483 e. The van der Waals surface area contributed by atoms with Crippen LogP contribution in [0.1, 0.15) is 18.9 Å². The monoisotopic (exact) mass is 404 g/mol. The molecule has 0 radical (unpaired) electrons. The molecule has 0 saturated carbocycles. The fourth-order valence-electron chi connectivity index (χ4n) is 2.47. The smallest absolute Gasteiger partial charge is 0.234 e. The van der Waals surface area contributed by atoms with Crippen LogP contribution in [0.25, 0.3) is 0 Å². The van der Waals surface area contributed by atoms with Crippen LogP contribution in [-0.2, 0) is 11.8 Å². The van der Waals surface area contributed by atoms with Crippen LogP contribution in [0, 0.1) is 11.6 Å². The molecule has 0 aliphatic rings. The summed E-state index contributed by atoms with van der Waals surface area (Å²) in [6, 6.07) is 12.3. The van der Waals surface area contributed by atoms with E-state index in [4.69, 9.17) is 4.74 Å². The van der Waals surface area contributed by atoms with E-state index in [1.165, 1.54) is 6.07 Å². The summed E-state index contributed by atoms with van der Waals surface area (Å²) in [5, 5.41) is 11.1. The lowest BCUT2D eigenvalue weighted by atomic mass is 10.3. The molecule has 9 heteroatoms. The van der Waals surface area contributed by atoms with Gasteiger partial charge in [0.1, 0.15) is 17.4 Å². The molecule has 3 aromatic rings. The number of hydrogen-bond acceptors (Lipinski definition) is 5. The van der Waals surface area contributed by atoms with E-state index in [0.717, 1.165) is 17.8 Å². The van der Waals surface area contributed by atoms with E-state index in [-0.39, 0.29) is 17.5 Å². The van der Waals surface area contributed by atoms with Gasteiger partial charge in [0.15, 0.2) is 17.1 Å². The van der Waals surface area contributed by atoms with Crippen molar-refractivity contribution in [1.29, 1.82) is 0 Å². The number of carbonyl (C=O) groups excluding carboxylic acids is 1. The highest BCUT2D eigenvalue weighted by molar-refractivity contribution is 7.99. The minimum atomic E-state index is -0.828. The molecule has 1 amide bonds. The fraction of sp³-hybridized carbons (Fsp3) is 0.211. The summed E-state index contributed by atoms with van der Waals surface area (Å²) in [5.41, 5.74) is -0.0736. The first-order valence-electron chi connectivity index (χ1n) is 8.42. The second-order valence-electron chi connectivity index (χ2n) is 5.93. The highest BCUT2D eigenvalue weighted by Gasteiger charge is 2.18. The first-order chi connectivity index (χ1) is 13.4. The third-order valence-electron chi connectivity index (χ3n) is 3.83. The van der Waals surface area contributed by atoms with Crippen LogP contribution in [0.5, 0.6) is 5.75 Å². The maximum Gasteiger partial charge on any atom is 0.234 e. The van der Waals surface area contributed by atoms with E-state index in [2.05, 4.69) is 15.5 Å². The lowest BCUT2D eigenvalue weighted by Gasteiger charge is -2.14.